The number of hydrogen-bond donors (Lipinski definition) is 2. The molecule has 2 heteroatoms. The Bertz CT molecular complexity index is 1660. The van der Waals surface area contributed by atoms with E-state index in [2.05, 4.69) is 103 Å². The summed E-state index contributed by atoms with van der Waals surface area (Å²) < 4.78 is 0. The van der Waals surface area contributed by atoms with Crippen LogP contribution in [0.4, 0.5) is 11.4 Å². The first-order chi connectivity index (χ1) is 17.7. The predicted octanol–water partition coefficient (Wildman–Crippen LogP) is 8.67. The van der Waals surface area contributed by atoms with Gasteiger partial charge in [0.15, 0.2) is 0 Å². The van der Waals surface area contributed by atoms with Crippen LogP contribution < -0.4 is 11.5 Å². The molecule has 0 saturated carbocycles. The highest BCUT2D eigenvalue weighted by molar-refractivity contribution is 6.21. The van der Waals surface area contributed by atoms with Crippen molar-refractivity contribution in [2.75, 3.05) is 11.5 Å². The summed E-state index contributed by atoms with van der Waals surface area (Å²) in [6, 6.07) is 46.2. The summed E-state index contributed by atoms with van der Waals surface area (Å²) >= 11 is 0. The average Bonchev–Trinajstić information content (AvgIpc) is 2.96. The Morgan fingerprint density at radius 3 is 1.25 bits per heavy atom. The fraction of sp³-hybridized carbons (Fsp3) is 0. The lowest BCUT2D eigenvalue weighted by Gasteiger charge is -2.23. The van der Waals surface area contributed by atoms with Gasteiger partial charge in [0.25, 0.3) is 0 Å². The molecule has 0 atom stereocenters. The van der Waals surface area contributed by atoms with Crippen molar-refractivity contribution in [3.63, 3.8) is 0 Å². The molecular weight excluding hydrogens is 436 g/mol. The molecule has 36 heavy (non-hydrogen) atoms. The maximum atomic E-state index is 6.83. The second kappa shape index (κ2) is 9.09. The van der Waals surface area contributed by atoms with E-state index >= 15 is 0 Å². The zero-order chi connectivity index (χ0) is 24.5. The molecule has 2 nitrogen and oxygen atoms in total. The minimum absolute atomic E-state index is 0.610. The minimum Gasteiger partial charge on any atom is -0.397 e. The van der Waals surface area contributed by atoms with Crippen molar-refractivity contribution in [3.05, 3.63) is 133 Å². The van der Waals surface area contributed by atoms with E-state index in [0.29, 0.717) is 11.4 Å². The third kappa shape index (κ3) is 3.60. The molecule has 0 heterocycles. The largest absolute Gasteiger partial charge is 0.397 e. The SMILES string of the molecule is Nc1c(-c2ccccc2)c(-c2ccccc2)c2c(-c3ccccc3)c(-c3ccccc3)ccc2c1N. The van der Waals surface area contributed by atoms with E-state index in [0.717, 1.165) is 55.3 Å². The van der Waals surface area contributed by atoms with Crippen LogP contribution in [-0.2, 0) is 0 Å². The Labute approximate surface area is 211 Å². The molecule has 0 aliphatic heterocycles. The van der Waals surface area contributed by atoms with Crippen molar-refractivity contribution in [2.24, 2.45) is 0 Å². The van der Waals surface area contributed by atoms with Gasteiger partial charge in [0.2, 0.25) is 0 Å². The van der Waals surface area contributed by atoms with E-state index in [1.807, 2.05) is 30.3 Å². The first-order valence-corrected chi connectivity index (χ1v) is 12.1. The monoisotopic (exact) mass is 462 g/mol. The molecule has 0 amide bonds. The van der Waals surface area contributed by atoms with Crippen LogP contribution in [0.15, 0.2) is 133 Å². The van der Waals surface area contributed by atoms with Crippen molar-refractivity contribution in [1.29, 1.82) is 0 Å². The molecule has 172 valence electrons. The molecule has 0 saturated heterocycles. The van der Waals surface area contributed by atoms with Gasteiger partial charge in [-0.25, -0.2) is 0 Å². The Hall–Kier alpha value is -4.82. The Kier molecular flexibility index (Phi) is 5.48. The molecule has 0 spiro atoms. The molecule has 0 radical (unpaired) electrons. The summed E-state index contributed by atoms with van der Waals surface area (Å²) in [7, 11) is 0. The number of hydrogen-bond acceptors (Lipinski definition) is 2. The van der Waals surface area contributed by atoms with Gasteiger partial charge in [-0.05, 0) is 33.4 Å². The second-order valence-electron chi connectivity index (χ2n) is 8.95. The summed E-state index contributed by atoms with van der Waals surface area (Å²) in [5, 5.41) is 2.07. The van der Waals surface area contributed by atoms with Crippen molar-refractivity contribution < 1.29 is 0 Å². The van der Waals surface area contributed by atoms with Gasteiger partial charge in [-0.15, -0.1) is 0 Å². The van der Waals surface area contributed by atoms with Gasteiger partial charge in [-0.3, -0.25) is 0 Å². The van der Waals surface area contributed by atoms with Crippen molar-refractivity contribution >= 4 is 22.1 Å². The van der Waals surface area contributed by atoms with Crippen molar-refractivity contribution in [3.8, 4) is 44.5 Å². The van der Waals surface area contributed by atoms with Gasteiger partial charge < -0.3 is 11.5 Å². The second-order valence-corrected chi connectivity index (χ2v) is 8.95. The van der Waals surface area contributed by atoms with Crippen molar-refractivity contribution in [1.82, 2.24) is 0 Å². The van der Waals surface area contributed by atoms with Crippen LogP contribution in [0.25, 0.3) is 55.3 Å². The van der Waals surface area contributed by atoms with E-state index in [4.69, 9.17) is 11.5 Å². The smallest absolute Gasteiger partial charge is 0.0640 e. The highest BCUT2D eigenvalue weighted by Crippen LogP contribution is 2.51. The molecule has 0 fully saturated rings. The molecule has 0 aromatic heterocycles. The first kappa shape index (κ1) is 21.7. The zero-order valence-electron chi connectivity index (χ0n) is 19.9. The first-order valence-electron chi connectivity index (χ1n) is 12.1. The van der Waals surface area contributed by atoms with Crippen LogP contribution in [0, 0.1) is 0 Å². The zero-order valence-corrected chi connectivity index (χ0v) is 19.9. The fourth-order valence-corrected chi connectivity index (χ4v) is 5.19. The molecule has 6 rings (SSSR count). The molecule has 4 N–H and O–H groups in total. The summed E-state index contributed by atoms with van der Waals surface area (Å²) in [5.74, 6) is 0. The van der Waals surface area contributed by atoms with Crippen molar-refractivity contribution in [2.45, 2.75) is 0 Å². The molecule has 6 aromatic carbocycles. The Morgan fingerprint density at radius 2 is 0.750 bits per heavy atom. The minimum atomic E-state index is 0.610. The van der Waals surface area contributed by atoms with Gasteiger partial charge in [0, 0.05) is 21.9 Å². The number of fused-ring (bicyclic) bond motifs is 1. The Balaban J connectivity index is 1.88. The molecule has 6 aromatic rings. The quantitative estimate of drug-likeness (QED) is 0.257. The third-order valence-corrected chi connectivity index (χ3v) is 6.83. The normalized spacial score (nSPS) is 11.0. The highest BCUT2D eigenvalue weighted by atomic mass is 14.7. The van der Waals surface area contributed by atoms with Gasteiger partial charge in [-0.2, -0.15) is 0 Å². The van der Waals surface area contributed by atoms with Gasteiger partial charge in [0.1, 0.15) is 0 Å². The summed E-state index contributed by atoms with van der Waals surface area (Å²) in [6.45, 7) is 0. The number of anilines is 2. The molecular formula is C34H26N2. The maximum absolute atomic E-state index is 6.83. The topological polar surface area (TPSA) is 52.0 Å². The van der Waals surface area contributed by atoms with E-state index in [-0.39, 0.29) is 0 Å². The maximum Gasteiger partial charge on any atom is 0.0640 e. The van der Waals surface area contributed by atoms with Crippen LogP contribution in [0.3, 0.4) is 0 Å². The van der Waals surface area contributed by atoms with Crippen LogP contribution in [0.5, 0.6) is 0 Å². The number of nitrogens with two attached hydrogens (primary N) is 2. The lowest BCUT2D eigenvalue weighted by Crippen LogP contribution is -2.03. The molecule has 0 aliphatic carbocycles. The summed E-state index contributed by atoms with van der Waals surface area (Å²) in [4.78, 5) is 0. The lowest BCUT2D eigenvalue weighted by atomic mass is 9.81. The Morgan fingerprint density at radius 1 is 0.333 bits per heavy atom. The summed E-state index contributed by atoms with van der Waals surface area (Å²) in [6.07, 6.45) is 0. The third-order valence-electron chi connectivity index (χ3n) is 6.83. The number of rotatable bonds is 4. The van der Waals surface area contributed by atoms with Gasteiger partial charge in [-0.1, -0.05) is 133 Å². The fourth-order valence-electron chi connectivity index (χ4n) is 5.19. The lowest BCUT2D eigenvalue weighted by molar-refractivity contribution is 1.58. The summed E-state index contributed by atoms with van der Waals surface area (Å²) in [5.41, 5.74) is 23.7. The highest BCUT2D eigenvalue weighted by Gasteiger charge is 2.23. The van der Waals surface area contributed by atoms with Crippen LogP contribution in [-0.4, -0.2) is 0 Å². The standard InChI is InChI=1S/C34H26N2/c35-33-28-22-21-27(23-13-5-1-6-14-23)29(24-15-7-2-8-16-24)32(28)30(25-17-9-3-10-18-25)31(34(33)36)26-19-11-4-12-20-26/h1-22H,35-36H2. The molecule has 0 aliphatic rings. The molecule has 0 unspecified atom stereocenters. The van der Waals surface area contributed by atoms with Crippen LogP contribution in [0.1, 0.15) is 0 Å². The van der Waals surface area contributed by atoms with Crippen LogP contribution in [0.2, 0.25) is 0 Å². The van der Waals surface area contributed by atoms with E-state index < -0.39 is 0 Å². The molecule has 0 bridgehead atoms. The number of benzene rings is 6. The van der Waals surface area contributed by atoms with Gasteiger partial charge >= 0.3 is 0 Å². The average molecular weight is 463 g/mol. The van der Waals surface area contributed by atoms with E-state index in [1.54, 1.807) is 0 Å². The predicted molar refractivity (Wildman–Crippen MR) is 155 cm³/mol. The van der Waals surface area contributed by atoms with Crippen LogP contribution >= 0.6 is 0 Å². The number of nitrogen functional groups attached to an aromatic ring is 2. The van der Waals surface area contributed by atoms with E-state index in [9.17, 15) is 0 Å². The van der Waals surface area contributed by atoms with E-state index in [1.165, 1.54) is 0 Å². The van der Waals surface area contributed by atoms with Gasteiger partial charge in [0.05, 0.1) is 11.4 Å².